The second kappa shape index (κ2) is 6.10. The first-order chi connectivity index (χ1) is 7.58. The lowest BCUT2D eigenvalue weighted by Crippen LogP contribution is -2.15. The van der Waals surface area contributed by atoms with E-state index in [2.05, 4.69) is 17.2 Å². The Bertz CT molecular complexity index is 353. The maximum Gasteiger partial charge on any atom is 0.303 e. The first-order valence-electron chi connectivity index (χ1n) is 5.49. The van der Waals surface area contributed by atoms with Gasteiger partial charge >= 0.3 is 5.97 Å². The summed E-state index contributed by atoms with van der Waals surface area (Å²) in [6, 6.07) is 4.18. The predicted octanol–water partition coefficient (Wildman–Crippen LogP) is 2.45. The number of anilines is 1. The lowest BCUT2D eigenvalue weighted by atomic mass is 10.1. The van der Waals surface area contributed by atoms with E-state index in [-0.39, 0.29) is 12.5 Å². The molecule has 1 aromatic heterocycles. The molecule has 1 aromatic rings. The second-order valence-electron chi connectivity index (χ2n) is 4.02. The average Bonchev–Trinajstić information content (AvgIpc) is 2.16. The van der Waals surface area contributed by atoms with Gasteiger partial charge in [0.05, 0.1) is 0 Å². The van der Waals surface area contributed by atoms with Crippen LogP contribution in [0.25, 0.3) is 0 Å². The number of carbonyl (C=O) groups is 1. The van der Waals surface area contributed by atoms with E-state index < -0.39 is 5.97 Å². The van der Waals surface area contributed by atoms with Gasteiger partial charge in [-0.3, -0.25) is 9.78 Å². The number of aryl methyl sites for hydroxylation is 1. The number of hydrogen-bond donors (Lipinski definition) is 2. The zero-order valence-electron chi connectivity index (χ0n) is 9.73. The third kappa shape index (κ3) is 4.77. The maximum absolute atomic E-state index is 10.4. The van der Waals surface area contributed by atoms with Crippen LogP contribution in [0.3, 0.4) is 0 Å². The van der Waals surface area contributed by atoms with Crippen LogP contribution in [0.5, 0.6) is 0 Å². The molecular formula is C12H18N2O2. The summed E-state index contributed by atoms with van der Waals surface area (Å²) in [4.78, 5) is 14.5. The van der Waals surface area contributed by atoms with Crippen molar-refractivity contribution in [3.05, 3.63) is 24.0 Å². The highest BCUT2D eigenvalue weighted by molar-refractivity contribution is 5.66. The number of carboxylic acids is 1. The Morgan fingerprint density at radius 2 is 2.38 bits per heavy atom. The number of aromatic nitrogens is 1. The van der Waals surface area contributed by atoms with Gasteiger partial charge in [0.2, 0.25) is 0 Å². The highest BCUT2D eigenvalue weighted by Crippen LogP contribution is 2.11. The van der Waals surface area contributed by atoms with Gasteiger partial charge in [0, 0.05) is 30.0 Å². The van der Waals surface area contributed by atoms with Gasteiger partial charge in [-0.1, -0.05) is 0 Å². The summed E-state index contributed by atoms with van der Waals surface area (Å²) in [6.07, 6.45) is 3.56. The summed E-state index contributed by atoms with van der Waals surface area (Å²) in [5.41, 5.74) is 2.01. The lowest BCUT2D eigenvalue weighted by Gasteiger charge is -2.14. The summed E-state index contributed by atoms with van der Waals surface area (Å²) >= 11 is 0. The summed E-state index contributed by atoms with van der Waals surface area (Å²) in [5, 5.41) is 11.8. The van der Waals surface area contributed by atoms with Crippen LogP contribution in [0.1, 0.15) is 31.9 Å². The maximum atomic E-state index is 10.4. The molecule has 4 heteroatoms. The molecular weight excluding hydrogens is 204 g/mol. The normalized spacial score (nSPS) is 12.1. The molecule has 0 amide bonds. The van der Waals surface area contributed by atoms with Crippen LogP contribution in [-0.2, 0) is 4.79 Å². The van der Waals surface area contributed by atoms with Gasteiger partial charge < -0.3 is 10.4 Å². The Labute approximate surface area is 95.7 Å². The molecule has 0 bridgehead atoms. The topological polar surface area (TPSA) is 62.2 Å². The zero-order valence-corrected chi connectivity index (χ0v) is 9.73. The van der Waals surface area contributed by atoms with Crippen molar-refractivity contribution in [3.8, 4) is 0 Å². The Morgan fingerprint density at radius 3 is 3.00 bits per heavy atom. The van der Waals surface area contributed by atoms with E-state index in [1.54, 1.807) is 6.20 Å². The number of rotatable bonds is 6. The standard InChI is InChI=1S/C12H18N2O2/c1-9(4-3-5-12(15)16)14-11-6-7-13-10(2)8-11/h6-9H,3-5H2,1-2H3,(H,13,14)(H,15,16). The van der Waals surface area contributed by atoms with E-state index in [1.807, 2.05) is 19.1 Å². The smallest absolute Gasteiger partial charge is 0.303 e. The van der Waals surface area contributed by atoms with Crippen LogP contribution in [0.15, 0.2) is 18.3 Å². The van der Waals surface area contributed by atoms with Crippen molar-refractivity contribution in [1.29, 1.82) is 0 Å². The second-order valence-corrected chi connectivity index (χ2v) is 4.02. The first-order valence-corrected chi connectivity index (χ1v) is 5.49. The van der Waals surface area contributed by atoms with Gasteiger partial charge in [0.25, 0.3) is 0 Å². The largest absolute Gasteiger partial charge is 0.481 e. The summed E-state index contributed by atoms with van der Waals surface area (Å²) in [6.45, 7) is 4.00. The Morgan fingerprint density at radius 1 is 1.62 bits per heavy atom. The Balaban J connectivity index is 2.33. The van der Waals surface area contributed by atoms with Crippen molar-refractivity contribution in [2.45, 2.75) is 39.2 Å². The SMILES string of the molecule is Cc1cc(NC(C)CCCC(=O)O)ccn1. The molecule has 1 unspecified atom stereocenters. The lowest BCUT2D eigenvalue weighted by molar-refractivity contribution is -0.137. The molecule has 0 radical (unpaired) electrons. The van der Waals surface area contributed by atoms with Crippen LogP contribution < -0.4 is 5.32 Å². The molecule has 0 saturated heterocycles. The molecule has 0 aliphatic heterocycles. The van der Waals surface area contributed by atoms with Crippen LogP contribution in [-0.4, -0.2) is 22.1 Å². The molecule has 0 aliphatic carbocycles. The van der Waals surface area contributed by atoms with E-state index in [0.717, 1.165) is 17.8 Å². The fraction of sp³-hybridized carbons (Fsp3) is 0.500. The molecule has 1 atom stereocenters. The number of nitrogens with zero attached hydrogens (tertiary/aromatic N) is 1. The number of nitrogens with one attached hydrogen (secondary N) is 1. The molecule has 2 N–H and O–H groups in total. The molecule has 4 nitrogen and oxygen atoms in total. The van der Waals surface area contributed by atoms with E-state index in [0.29, 0.717) is 6.42 Å². The monoisotopic (exact) mass is 222 g/mol. The molecule has 1 rings (SSSR count). The van der Waals surface area contributed by atoms with Gasteiger partial charge in [-0.2, -0.15) is 0 Å². The third-order valence-electron chi connectivity index (χ3n) is 2.34. The third-order valence-corrected chi connectivity index (χ3v) is 2.34. The summed E-state index contributed by atoms with van der Waals surface area (Å²) < 4.78 is 0. The van der Waals surface area contributed by atoms with Crippen molar-refractivity contribution in [3.63, 3.8) is 0 Å². The van der Waals surface area contributed by atoms with Crippen LogP contribution in [0.4, 0.5) is 5.69 Å². The van der Waals surface area contributed by atoms with Crippen LogP contribution in [0.2, 0.25) is 0 Å². The molecule has 0 spiro atoms. The summed E-state index contributed by atoms with van der Waals surface area (Å²) in [7, 11) is 0. The van der Waals surface area contributed by atoms with E-state index in [9.17, 15) is 4.79 Å². The number of pyridine rings is 1. The van der Waals surface area contributed by atoms with E-state index >= 15 is 0 Å². The van der Waals surface area contributed by atoms with Crippen LogP contribution >= 0.6 is 0 Å². The highest BCUT2D eigenvalue weighted by Gasteiger charge is 2.04. The Hall–Kier alpha value is -1.58. The minimum absolute atomic E-state index is 0.237. The van der Waals surface area contributed by atoms with Crippen molar-refractivity contribution in [1.82, 2.24) is 4.98 Å². The van der Waals surface area contributed by atoms with E-state index in [4.69, 9.17) is 5.11 Å². The predicted molar refractivity (Wildman–Crippen MR) is 63.5 cm³/mol. The fourth-order valence-electron chi connectivity index (χ4n) is 1.55. The highest BCUT2D eigenvalue weighted by atomic mass is 16.4. The van der Waals surface area contributed by atoms with Crippen LogP contribution in [0, 0.1) is 6.92 Å². The number of carboxylic acid groups (broad SMARTS) is 1. The molecule has 88 valence electrons. The van der Waals surface area contributed by atoms with Crippen molar-refractivity contribution in [2.24, 2.45) is 0 Å². The molecule has 0 fully saturated rings. The quantitative estimate of drug-likeness (QED) is 0.776. The van der Waals surface area contributed by atoms with E-state index in [1.165, 1.54) is 0 Å². The molecule has 0 saturated carbocycles. The fourth-order valence-corrected chi connectivity index (χ4v) is 1.55. The number of aliphatic carboxylic acids is 1. The zero-order chi connectivity index (χ0) is 12.0. The Kier molecular flexibility index (Phi) is 4.76. The molecule has 0 aliphatic rings. The van der Waals surface area contributed by atoms with Crippen molar-refractivity contribution in [2.75, 3.05) is 5.32 Å². The minimum atomic E-state index is -0.730. The van der Waals surface area contributed by atoms with Crippen molar-refractivity contribution < 1.29 is 9.90 Å². The summed E-state index contributed by atoms with van der Waals surface area (Å²) in [5.74, 6) is -0.730. The van der Waals surface area contributed by atoms with Gasteiger partial charge in [-0.05, 0) is 38.8 Å². The van der Waals surface area contributed by atoms with Crippen molar-refractivity contribution >= 4 is 11.7 Å². The molecule has 0 aromatic carbocycles. The minimum Gasteiger partial charge on any atom is -0.481 e. The first kappa shape index (κ1) is 12.5. The molecule has 1 heterocycles. The molecule has 16 heavy (non-hydrogen) atoms. The van der Waals surface area contributed by atoms with Gasteiger partial charge in [-0.25, -0.2) is 0 Å². The van der Waals surface area contributed by atoms with Gasteiger partial charge in [0.1, 0.15) is 0 Å². The van der Waals surface area contributed by atoms with Gasteiger partial charge in [-0.15, -0.1) is 0 Å². The average molecular weight is 222 g/mol. The van der Waals surface area contributed by atoms with Gasteiger partial charge in [0.15, 0.2) is 0 Å². The number of hydrogen-bond acceptors (Lipinski definition) is 3.